The van der Waals surface area contributed by atoms with Crippen LogP contribution in [0.1, 0.15) is 38.2 Å². The van der Waals surface area contributed by atoms with Crippen LogP contribution in [0.15, 0.2) is 34.9 Å². The van der Waals surface area contributed by atoms with Crippen molar-refractivity contribution in [3.63, 3.8) is 0 Å². The summed E-state index contributed by atoms with van der Waals surface area (Å²) in [5, 5.41) is 4.91. The molecule has 106 valence electrons. The van der Waals surface area contributed by atoms with Gasteiger partial charge >= 0.3 is 0 Å². The first-order chi connectivity index (χ1) is 9.74. The number of fused-ring (bicyclic) bond motifs is 1. The number of hydrogen-bond donors (Lipinski definition) is 1. The Morgan fingerprint density at radius 3 is 2.80 bits per heavy atom. The number of hydrogen-bond acceptors (Lipinski definition) is 2. The fraction of sp³-hybridized carbons (Fsp3) is 0.471. The molecule has 0 unspecified atom stereocenters. The van der Waals surface area contributed by atoms with Crippen LogP contribution in [0.4, 0.5) is 0 Å². The van der Waals surface area contributed by atoms with Gasteiger partial charge < -0.3 is 5.32 Å². The summed E-state index contributed by atoms with van der Waals surface area (Å²) in [5.41, 5.74) is 2.40. The SMILES string of the molecule is CC1CCC(NCc2ccc(Br)c3cccnc23)CC1. The van der Waals surface area contributed by atoms with E-state index in [-0.39, 0.29) is 0 Å². The van der Waals surface area contributed by atoms with E-state index in [0.717, 1.165) is 22.5 Å². The van der Waals surface area contributed by atoms with E-state index in [1.54, 1.807) is 0 Å². The first-order valence-corrected chi connectivity index (χ1v) is 8.29. The molecule has 1 N–H and O–H groups in total. The number of nitrogens with one attached hydrogen (secondary N) is 1. The van der Waals surface area contributed by atoms with E-state index in [1.165, 1.54) is 36.6 Å². The second-order valence-electron chi connectivity index (χ2n) is 5.94. The molecule has 2 nitrogen and oxygen atoms in total. The Labute approximate surface area is 129 Å². The number of benzene rings is 1. The molecule has 1 aromatic carbocycles. The molecular formula is C17H21BrN2. The van der Waals surface area contributed by atoms with Crippen molar-refractivity contribution in [3.8, 4) is 0 Å². The zero-order chi connectivity index (χ0) is 13.9. The van der Waals surface area contributed by atoms with Crippen LogP contribution in [0.3, 0.4) is 0 Å². The molecule has 1 aromatic heterocycles. The first-order valence-electron chi connectivity index (χ1n) is 7.49. The minimum absolute atomic E-state index is 0.675. The van der Waals surface area contributed by atoms with Crippen molar-refractivity contribution in [3.05, 3.63) is 40.5 Å². The molecule has 1 heterocycles. The van der Waals surface area contributed by atoms with Gasteiger partial charge in [0, 0.05) is 28.6 Å². The van der Waals surface area contributed by atoms with Crippen LogP contribution in [0.25, 0.3) is 10.9 Å². The fourth-order valence-electron chi connectivity index (χ4n) is 3.06. The van der Waals surface area contributed by atoms with E-state index in [9.17, 15) is 0 Å². The molecular weight excluding hydrogens is 312 g/mol. The van der Waals surface area contributed by atoms with E-state index in [2.05, 4.69) is 51.4 Å². The Hall–Kier alpha value is -0.930. The highest BCUT2D eigenvalue weighted by Gasteiger charge is 2.17. The van der Waals surface area contributed by atoms with E-state index < -0.39 is 0 Å². The van der Waals surface area contributed by atoms with Crippen LogP contribution in [0.2, 0.25) is 0 Å². The van der Waals surface area contributed by atoms with Gasteiger partial charge in [-0.05, 0) is 49.3 Å². The summed E-state index contributed by atoms with van der Waals surface area (Å²) >= 11 is 3.60. The highest BCUT2D eigenvalue weighted by atomic mass is 79.9. The molecule has 0 radical (unpaired) electrons. The molecule has 0 amide bonds. The molecule has 1 fully saturated rings. The van der Waals surface area contributed by atoms with Crippen LogP contribution in [0, 0.1) is 5.92 Å². The standard InChI is InChI=1S/C17H21BrN2/c1-12-4-7-14(8-5-12)20-11-13-6-9-16(18)15-3-2-10-19-17(13)15/h2-3,6,9-10,12,14,20H,4-5,7-8,11H2,1H3. The van der Waals surface area contributed by atoms with Gasteiger partial charge in [-0.15, -0.1) is 0 Å². The minimum atomic E-state index is 0.675. The van der Waals surface area contributed by atoms with Crippen molar-refractivity contribution in [2.45, 2.75) is 45.2 Å². The molecule has 0 saturated heterocycles. The molecule has 20 heavy (non-hydrogen) atoms. The molecule has 3 rings (SSSR count). The van der Waals surface area contributed by atoms with E-state index in [1.807, 2.05) is 12.3 Å². The van der Waals surface area contributed by atoms with Crippen molar-refractivity contribution in [1.29, 1.82) is 0 Å². The Kier molecular flexibility index (Phi) is 4.37. The molecule has 1 saturated carbocycles. The van der Waals surface area contributed by atoms with Gasteiger partial charge in [0.05, 0.1) is 5.52 Å². The number of halogens is 1. The van der Waals surface area contributed by atoms with Crippen LogP contribution < -0.4 is 5.32 Å². The average molecular weight is 333 g/mol. The number of pyridine rings is 1. The fourth-order valence-corrected chi connectivity index (χ4v) is 3.51. The maximum Gasteiger partial charge on any atom is 0.0758 e. The van der Waals surface area contributed by atoms with Gasteiger partial charge in [-0.1, -0.05) is 35.0 Å². The predicted molar refractivity (Wildman–Crippen MR) is 87.7 cm³/mol. The lowest BCUT2D eigenvalue weighted by Gasteiger charge is -2.27. The summed E-state index contributed by atoms with van der Waals surface area (Å²) in [7, 11) is 0. The predicted octanol–water partition coefficient (Wildman–Crippen LogP) is 4.67. The highest BCUT2D eigenvalue weighted by molar-refractivity contribution is 9.10. The maximum absolute atomic E-state index is 4.55. The van der Waals surface area contributed by atoms with Crippen molar-refractivity contribution < 1.29 is 0 Å². The van der Waals surface area contributed by atoms with Crippen molar-refractivity contribution >= 4 is 26.8 Å². The third-order valence-electron chi connectivity index (χ3n) is 4.40. The second-order valence-corrected chi connectivity index (χ2v) is 6.80. The number of rotatable bonds is 3. The summed E-state index contributed by atoms with van der Waals surface area (Å²) < 4.78 is 1.12. The Morgan fingerprint density at radius 2 is 2.00 bits per heavy atom. The van der Waals surface area contributed by atoms with Gasteiger partial charge in [0.15, 0.2) is 0 Å². The Balaban J connectivity index is 1.73. The minimum Gasteiger partial charge on any atom is -0.310 e. The van der Waals surface area contributed by atoms with E-state index in [0.29, 0.717) is 6.04 Å². The zero-order valence-corrected chi connectivity index (χ0v) is 13.5. The van der Waals surface area contributed by atoms with Crippen molar-refractivity contribution in [2.75, 3.05) is 0 Å². The molecule has 0 atom stereocenters. The first kappa shape index (κ1) is 14.0. The van der Waals surface area contributed by atoms with Gasteiger partial charge in [0.1, 0.15) is 0 Å². The summed E-state index contributed by atoms with van der Waals surface area (Å²) in [6.07, 6.45) is 7.21. The van der Waals surface area contributed by atoms with Gasteiger partial charge in [-0.25, -0.2) is 0 Å². The topological polar surface area (TPSA) is 24.9 Å². The van der Waals surface area contributed by atoms with E-state index >= 15 is 0 Å². The maximum atomic E-state index is 4.55. The average Bonchev–Trinajstić information content (AvgIpc) is 2.49. The quantitative estimate of drug-likeness (QED) is 0.883. The zero-order valence-electron chi connectivity index (χ0n) is 11.9. The largest absolute Gasteiger partial charge is 0.310 e. The van der Waals surface area contributed by atoms with Gasteiger partial charge in [0.25, 0.3) is 0 Å². The number of nitrogens with zero attached hydrogens (tertiary/aromatic N) is 1. The molecule has 0 spiro atoms. The van der Waals surface area contributed by atoms with Crippen molar-refractivity contribution in [2.24, 2.45) is 5.92 Å². The summed E-state index contributed by atoms with van der Waals surface area (Å²) in [6, 6.07) is 9.10. The summed E-state index contributed by atoms with van der Waals surface area (Å²) in [5.74, 6) is 0.906. The number of aromatic nitrogens is 1. The van der Waals surface area contributed by atoms with Gasteiger partial charge in [0.2, 0.25) is 0 Å². The molecule has 1 aliphatic rings. The third kappa shape index (κ3) is 3.04. The molecule has 0 bridgehead atoms. The molecule has 0 aliphatic heterocycles. The monoisotopic (exact) mass is 332 g/mol. The summed E-state index contributed by atoms with van der Waals surface area (Å²) in [4.78, 5) is 4.55. The van der Waals surface area contributed by atoms with Gasteiger partial charge in [-0.2, -0.15) is 0 Å². The van der Waals surface area contributed by atoms with Gasteiger partial charge in [-0.3, -0.25) is 4.98 Å². The second kappa shape index (κ2) is 6.23. The third-order valence-corrected chi connectivity index (χ3v) is 5.09. The Morgan fingerprint density at radius 1 is 1.20 bits per heavy atom. The Bertz CT molecular complexity index is 589. The smallest absolute Gasteiger partial charge is 0.0758 e. The molecule has 1 aliphatic carbocycles. The van der Waals surface area contributed by atoms with Crippen molar-refractivity contribution in [1.82, 2.24) is 10.3 Å². The van der Waals surface area contributed by atoms with Crippen LogP contribution >= 0.6 is 15.9 Å². The van der Waals surface area contributed by atoms with Crippen LogP contribution in [0.5, 0.6) is 0 Å². The van der Waals surface area contributed by atoms with Crippen LogP contribution in [-0.2, 0) is 6.54 Å². The molecule has 3 heteroatoms. The highest BCUT2D eigenvalue weighted by Crippen LogP contribution is 2.26. The summed E-state index contributed by atoms with van der Waals surface area (Å²) in [6.45, 7) is 3.28. The van der Waals surface area contributed by atoms with E-state index in [4.69, 9.17) is 0 Å². The lowest BCUT2D eigenvalue weighted by Crippen LogP contribution is -2.32. The normalized spacial score (nSPS) is 23.1. The lowest BCUT2D eigenvalue weighted by molar-refractivity contribution is 0.307. The van der Waals surface area contributed by atoms with Crippen LogP contribution in [-0.4, -0.2) is 11.0 Å². The molecule has 2 aromatic rings. The lowest BCUT2D eigenvalue weighted by atomic mass is 9.87.